The lowest BCUT2D eigenvalue weighted by molar-refractivity contribution is -0.116. The van der Waals surface area contributed by atoms with Gasteiger partial charge in [0, 0.05) is 24.8 Å². The highest BCUT2D eigenvalue weighted by Crippen LogP contribution is 2.35. The van der Waals surface area contributed by atoms with Gasteiger partial charge in [-0.15, -0.1) is 0 Å². The fourth-order valence-corrected chi connectivity index (χ4v) is 3.49. The molecule has 1 unspecified atom stereocenters. The van der Waals surface area contributed by atoms with Crippen LogP contribution in [0, 0.1) is 5.82 Å². The van der Waals surface area contributed by atoms with E-state index in [1.165, 1.54) is 43.4 Å². The number of ether oxygens (including phenoxy) is 3. The molecule has 1 amide bonds. The Bertz CT molecular complexity index is 1140. The molecule has 0 N–H and O–H groups in total. The topological polar surface area (TPSA) is 74.3 Å². The predicted octanol–water partition coefficient (Wildman–Crippen LogP) is 4.87. The number of hydrogen-bond donors (Lipinski definition) is 0. The Morgan fingerprint density at radius 3 is 2.38 bits per heavy atom. The summed E-state index contributed by atoms with van der Waals surface area (Å²) in [4.78, 5) is 14.1. The third kappa shape index (κ3) is 7.03. The van der Waals surface area contributed by atoms with Crippen LogP contribution in [0.15, 0.2) is 66.7 Å². The molecule has 0 saturated heterocycles. The fraction of sp³-hybridized carbons (Fsp3) is 0.240. The minimum atomic E-state index is -1.40. The average Bonchev–Trinajstić information content (AvgIpc) is 2.82. The van der Waals surface area contributed by atoms with Crippen LogP contribution in [0.25, 0.3) is 0 Å². The molecule has 34 heavy (non-hydrogen) atoms. The number of rotatable bonds is 11. The van der Waals surface area contributed by atoms with Crippen molar-refractivity contribution in [3.8, 4) is 23.0 Å². The summed E-state index contributed by atoms with van der Waals surface area (Å²) in [5, 5.41) is 0. The third-order valence-corrected chi connectivity index (χ3v) is 5.25. The van der Waals surface area contributed by atoms with E-state index in [2.05, 4.69) is 0 Å². The van der Waals surface area contributed by atoms with Crippen LogP contribution >= 0.6 is 0 Å². The molecule has 180 valence electrons. The second-order valence-electron chi connectivity index (χ2n) is 7.18. The van der Waals surface area contributed by atoms with Gasteiger partial charge in [-0.1, -0.05) is 18.2 Å². The van der Waals surface area contributed by atoms with Gasteiger partial charge in [0.1, 0.15) is 29.7 Å². The summed E-state index contributed by atoms with van der Waals surface area (Å²) in [6.07, 6.45) is 1.43. The maximum absolute atomic E-state index is 14.2. The van der Waals surface area contributed by atoms with Crippen molar-refractivity contribution in [2.45, 2.75) is 13.5 Å². The third-order valence-electron chi connectivity index (χ3n) is 4.75. The summed E-state index contributed by atoms with van der Waals surface area (Å²) in [5.74, 6) is 1.11. The first-order valence-corrected chi connectivity index (χ1v) is 11.9. The van der Waals surface area contributed by atoms with Gasteiger partial charge >= 0.3 is 0 Å². The smallest absolute Gasteiger partial charge is 0.224 e. The number of benzene rings is 3. The molecule has 0 fully saturated rings. The quantitative estimate of drug-likeness (QED) is 0.360. The van der Waals surface area contributed by atoms with Gasteiger partial charge in [0.15, 0.2) is 16.8 Å². The number of para-hydroxylation sites is 1. The fourth-order valence-electron chi connectivity index (χ4n) is 3.19. The zero-order valence-electron chi connectivity index (χ0n) is 19.2. The largest absolute Gasteiger partial charge is 0.497 e. The Kier molecular flexibility index (Phi) is 9.00. The molecule has 0 bridgehead atoms. The number of nitrogens with zero attached hydrogens (tertiary/aromatic N) is 1. The molecule has 0 aliphatic rings. The molecule has 1 atom stereocenters. The SMILES string of the molecule is COc1ccc(OCCOS(C)=O)c(CN(C(C)=O)c2cc(F)ccc2Oc2ccccc2)c1. The first kappa shape index (κ1) is 25.2. The first-order valence-electron chi connectivity index (χ1n) is 10.4. The number of anilines is 1. The summed E-state index contributed by atoms with van der Waals surface area (Å²) in [7, 11) is 1.53. The maximum Gasteiger partial charge on any atom is 0.224 e. The Hall–Kier alpha value is -3.43. The molecule has 0 spiro atoms. The molecule has 0 saturated carbocycles. The number of amides is 1. The van der Waals surface area contributed by atoms with Crippen LogP contribution in [0.3, 0.4) is 0 Å². The standard InChI is InChI=1S/C25H26FNO6S/c1-18(28)27(23-16-20(26)9-11-25(23)33-21-7-5-4-6-8-21)17-19-15-22(30-2)10-12-24(19)31-13-14-32-34(3)29/h4-12,15-16H,13-14,17H2,1-3H3. The van der Waals surface area contributed by atoms with Crippen molar-refractivity contribution in [1.29, 1.82) is 0 Å². The van der Waals surface area contributed by atoms with Crippen LogP contribution in [0.5, 0.6) is 23.0 Å². The molecule has 7 nitrogen and oxygen atoms in total. The molecule has 0 heterocycles. The van der Waals surface area contributed by atoms with Gasteiger partial charge in [-0.05, 0) is 42.5 Å². The molecule has 3 aromatic rings. The number of carbonyl (C=O) groups is 1. The minimum absolute atomic E-state index is 0.0665. The van der Waals surface area contributed by atoms with Crippen LogP contribution in [-0.2, 0) is 26.6 Å². The van der Waals surface area contributed by atoms with Crippen molar-refractivity contribution in [3.63, 3.8) is 0 Å². The highest BCUT2D eigenvalue weighted by Gasteiger charge is 2.21. The lowest BCUT2D eigenvalue weighted by Gasteiger charge is -2.25. The Labute approximate surface area is 200 Å². The van der Waals surface area contributed by atoms with Crippen molar-refractivity contribution in [1.82, 2.24) is 0 Å². The summed E-state index contributed by atoms with van der Waals surface area (Å²) in [5.41, 5.74) is 0.900. The van der Waals surface area contributed by atoms with Gasteiger partial charge in [0.05, 0.1) is 25.9 Å². The molecular weight excluding hydrogens is 461 g/mol. The van der Waals surface area contributed by atoms with Crippen LogP contribution in [0.4, 0.5) is 10.1 Å². The van der Waals surface area contributed by atoms with Crippen molar-refractivity contribution < 1.29 is 31.8 Å². The van der Waals surface area contributed by atoms with Gasteiger partial charge in [0.2, 0.25) is 5.91 Å². The lowest BCUT2D eigenvalue weighted by Crippen LogP contribution is -2.28. The van der Waals surface area contributed by atoms with E-state index < -0.39 is 16.9 Å². The van der Waals surface area contributed by atoms with Crippen molar-refractivity contribution in [2.24, 2.45) is 0 Å². The molecular formula is C25H26FNO6S. The normalized spacial score (nSPS) is 11.5. The summed E-state index contributed by atoms with van der Waals surface area (Å²) in [6, 6.07) is 18.2. The van der Waals surface area contributed by atoms with E-state index in [-0.39, 0.29) is 31.4 Å². The van der Waals surface area contributed by atoms with E-state index >= 15 is 0 Å². The van der Waals surface area contributed by atoms with Crippen molar-refractivity contribution in [2.75, 3.05) is 31.5 Å². The molecule has 9 heteroatoms. The molecule has 0 aliphatic heterocycles. The van der Waals surface area contributed by atoms with Gasteiger partial charge in [-0.25, -0.2) is 8.60 Å². The summed E-state index contributed by atoms with van der Waals surface area (Å²) < 4.78 is 47.4. The van der Waals surface area contributed by atoms with E-state index in [1.54, 1.807) is 30.3 Å². The number of hydrogen-bond acceptors (Lipinski definition) is 6. The van der Waals surface area contributed by atoms with Gasteiger partial charge in [-0.3, -0.25) is 8.98 Å². The van der Waals surface area contributed by atoms with Crippen molar-refractivity contribution >= 4 is 22.7 Å². The van der Waals surface area contributed by atoms with Crippen LogP contribution in [0.2, 0.25) is 0 Å². The van der Waals surface area contributed by atoms with E-state index in [1.807, 2.05) is 18.2 Å². The zero-order valence-corrected chi connectivity index (χ0v) is 20.0. The highest BCUT2D eigenvalue weighted by atomic mass is 32.2. The van der Waals surface area contributed by atoms with Crippen LogP contribution < -0.4 is 19.1 Å². The molecule has 0 aromatic heterocycles. The highest BCUT2D eigenvalue weighted by molar-refractivity contribution is 7.79. The molecule has 0 aliphatic carbocycles. The molecule has 3 rings (SSSR count). The minimum Gasteiger partial charge on any atom is -0.497 e. The molecule has 3 aromatic carbocycles. The van der Waals surface area contributed by atoms with Gasteiger partial charge < -0.3 is 19.1 Å². The van der Waals surface area contributed by atoms with Gasteiger partial charge in [0.25, 0.3) is 0 Å². The second-order valence-corrected chi connectivity index (χ2v) is 8.22. The van der Waals surface area contributed by atoms with Crippen LogP contribution in [0.1, 0.15) is 12.5 Å². The van der Waals surface area contributed by atoms with E-state index in [0.29, 0.717) is 28.6 Å². The summed E-state index contributed by atoms with van der Waals surface area (Å²) in [6.45, 7) is 1.74. The van der Waals surface area contributed by atoms with E-state index in [4.69, 9.17) is 18.4 Å². The zero-order chi connectivity index (χ0) is 24.5. The number of methoxy groups -OCH3 is 1. The average molecular weight is 488 g/mol. The molecule has 0 radical (unpaired) electrons. The Balaban J connectivity index is 1.93. The van der Waals surface area contributed by atoms with Crippen molar-refractivity contribution in [3.05, 3.63) is 78.1 Å². The monoisotopic (exact) mass is 487 g/mol. The lowest BCUT2D eigenvalue weighted by atomic mass is 10.1. The van der Waals surface area contributed by atoms with E-state index in [0.717, 1.165) is 0 Å². The number of halogens is 1. The van der Waals surface area contributed by atoms with E-state index in [9.17, 15) is 13.4 Å². The van der Waals surface area contributed by atoms with Crippen LogP contribution in [-0.4, -0.2) is 36.7 Å². The predicted molar refractivity (Wildman–Crippen MR) is 128 cm³/mol. The first-order chi connectivity index (χ1) is 16.4. The number of carbonyl (C=O) groups excluding carboxylic acids is 1. The Morgan fingerprint density at radius 2 is 1.71 bits per heavy atom. The Morgan fingerprint density at radius 1 is 0.971 bits per heavy atom. The van der Waals surface area contributed by atoms with Gasteiger partial charge in [-0.2, -0.15) is 0 Å². The summed E-state index contributed by atoms with van der Waals surface area (Å²) >= 11 is -1.40. The maximum atomic E-state index is 14.2. The second kappa shape index (κ2) is 12.2.